The highest BCUT2D eigenvalue weighted by Gasteiger charge is 2.27. The number of aromatic nitrogens is 3. The Balaban J connectivity index is 1.56. The van der Waals surface area contributed by atoms with Gasteiger partial charge in [0.2, 0.25) is 0 Å². The molecule has 1 aliphatic rings. The van der Waals surface area contributed by atoms with Crippen molar-refractivity contribution in [2.45, 2.75) is 51.9 Å². The largest absolute Gasteiger partial charge is 0.384 e. The molecule has 7 heteroatoms. The van der Waals surface area contributed by atoms with Crippen molar-refractivity contribution in [3.8, 4) is 17.5 Å². The molecule has 1 atom stereocenters. The number of nitrogens with zero attached hydrogens (tertiary/aromatic N) is 4. The summed E-state index contributed by atoms with van der Waals surface area (Å²) in [4.78, 5) is 18.9. The van der Waals surface area contributed by atoms with Crippen molar-refractivity contribution in [2.75, 3.05) is 26.8 Å². The average Bonchev–Trinajstić information content (AvgIpc) is 3.38. The molecule has 2 heterocycles. The maximum Gasteiger partial charge on any atom is 0.254 e. The minimum absolute atomic E-state index is 0.0580. The molecule has 3 aromatic rings. The van der Waals surface area contributed by atoms with Gasteiger partial charge in [0.1, 0.15) is 5.82 Å². The minimum atomic E-state index is 0.0580. The second-order valence-electron chi connectivity index (χ2n) is 9.36. The predicted molar refractivity (Wildman–Crippen MR) is 135 cm³/mol. The van der Waals surface area contributed by atoms with Gasteiger partial charge in [0.05, 0.1) is 18.2 Å². The zero-order chi connectivity index (χ0) is 24.9. The molecule has 1 saturated heterocycles. The lowest BCUT2D eigenvalue weighted by Crippen LogP contribution is -2.38. The van der Waals surface area contributed by atoms with Crippen molar-refractivity contribution in [1.29, 1.82) is 5.26 Å². The molecular formula is C28H33N5O2. The van der Waals surface area contributed by atoms with Crippen molar-refractivity contribution in [3.63, 3.8) is 0 Å². The number of benzene rings is 2. The van der Waals surface area contributed by atoms with E-state index in [4.69, 9.17) is 4.74 Å². The summed E-state index contributed by atoms with van der Waals surface area (Å²) in [5.74, 6) is 1.90. The highest BCUT2D eigenvalue weighted by molar-refractivity contribution is 5.97. The third kappa shape index (κ3) is 5.13. The van der Waals surface area contributed by atoms with E-state index >= 15 is 0 Å². The fraction of sp³-hybridized carbons (Fsp3) is 0.429. The van der Waals surface area contributed by atoms with E-state index < -0.39 is 0 Å². The molecule has 1 aliphatic heterocycles. The number of likely N-dealkylation sites (tertiary alicyclic amines) is 1. The Kier molecular flexibility index (Phi) is 7.62. The van der Waals surface area contributed by atoms with Crippen LogP contribution in [0.4, 0.5) is 0 Å². The van der Waals surface area contributed by atoms with Crippen LogP contribution in [0.1, 0.15) is 77.0 Å². The van der Waals surface area contributed by atoms with Gasteiger partial charge in [-0.3, -0.25) is 4.79 Å². The summed E-state index contributed by atoms with van der Waals surface area (Å²) in [6.07, 6.45) is 2.49. The molecule has 1 amide bonds. The normalized spacial score (nSPS) is 15.1. The SMILES string of the molecule is CCc1cc(C)c(-c2nnc(C(C)COC)[nH]2)cc1C(=O)N1CCC(c2ccccc2C#N)CC1. The van der Waals surface area contributed by atoms with Crippen molar-refractivity contribution >= 4 is 5.91 Å². The minimum Gasteiger partial charge on any atom is -0.384 e. The molecule has 0 spiro atoms. The third-order valence-electron chi connectivity index (χ3n) is 7.01. The quantitative estimate of drug-likeness (QED) is 0.524. The number of piperidine rings is 1. The average molecular weight is 472 g/mol. The molecule has 4 rings (SSSR count). The topological polar surface area (TPSA) is 94.9 Å². The molecule has 35 heavy (non-hydrogen) atoms. The smallest absolute Gasteiger partial charge is 0.254 e. The number of aryl methyl sites for hydroxylation is 2. The molecule has 0 aliphatic carbocycles. The standard InChI is InChI=1S/C28H33N5O2/c1-5-20-14-18(2)24(27-30-26(31-32-27)19(3)17-35-4)15-25(20)28(34)33-12-10-21(11-13-33)23-9-7-6-8-22(23)16-29/h6-9,14-15,19,21H,5,10-13,17H2,1-4H3,(H,30,31,32). The van der Waals surface area contributed by atoms with Gasteiger partial charge in [-0.1, -0.05) is 38.1 Å². The van der Waals surface area contributed by atoms with Gasteiger partial charge in [-0.15, -0.1) is 10.2 Å². The Bertz CT molecular complexity index is 1230. The van der Waals surface area contributed by atoms with Gasteiger partial charge < -0.3 is 14.6 Å². The lowest BCUT2D eigenvalue weighted by Gasteiger charge is -2.33. The Morgan fingerprint density at radius 3 is 2.69 bits per heavy atom. The van der Waals surface area contributed by atoms with Crippen LogP contribution in [0.15, 0.2) is 36.4 Å². The van der Waals surface area contributed by atoms with E-state index in [1.54, 1.807) is 7.11 Å². The second-order valence-corrected chi connectivity index (χ2v) is 9.36. The van der Waals surface area contributed by atoms with Crippen molar-refractivity contribution in [3.05, 3.63) is 70.0 Å². The van der Waals surface area contributed by atoms with Gasteiger partial charge in [-0.05, 0) is 60.9 Å². The van der Waals surface area contributed by atoms with E-state index in [9.17, 15) is 10.1 Å². The van der Waals surface area contributed by atoms with Gasteiger partial charge in [-0.2, -0.15) is 5.26 Å². The number of H-pyrrole nitrogens is 1. The summed E-state index contributed by atoms with van der Waals surface area (Å²) in [6, 6.07) is 14.2. The number of hydrogen-bond donors (Lipinski definition) is 1. The molecule has 0 bridgehead atoms. The summed E-state index contributed by atoms with van der Waals surface area (Å²) in [5, 5.41) is 18.1. The first kappa shape index (κ1) is 24.6. The van der Waals surface area contributed by atoms with E-state index in [0.717, 1.165) is 58.5 Å². The van der Waals surface area contributed by atoms with Crippen LogP contribution >= 0.6 is 0 Å². The lowest BCUT2D eigenvalue weighted by atomic mass is 9.86. The number of rotatable bonds is 7. The first-order valence-corrected chi connectivity index (χ1v) is 12.3. The summed E-state index contributed by atoms with van der Waals surface area (Å²) in [6.45, 7) is 8.07. The number of methoxy groups -OCH3 is 1. The molecule has 1 fully saturated rings. The lowest BCUT2D eigenvalue weighted by molar-refractivity contribution is 0.0712. The Labute approximate surface area is 207 Å². The maximum atomic E-state index is 13.7. The fourth-order valence-electron chi connectivity index (χ4n) is 4.98. The summed E-state index contributed by atoms with van der Waals surface area (Å²) in [5.41, 5.74) is 5.56. The Morgan fingerprint density at radius 1 is 1.26 bits per heavy atom. The van der Waals surface area contributed by atoms with Crippen LogP contribution in [-0.4, -0.2) is 52.8 Å². The van der Waals surface area contributed by atoms with Gasteiger partial charge in [0.15, 0.2) is 5.82 Å². The number of amides is 1. The van der Waals surface area contributed by atoms with Crippen LogP contribution in [0.3, 0.4) is 0 Å². The third-order valence-corrected chi connectivity index (χ3v) is 7.01. The van der Waals surface area contributed by atoms with Gasteiger partial charge in [0, 0.05) is 37.2 Å². The van der Waals surface area contributed by atoms with E-state index in [1.807, 2.05) is 49.1 Å². The van der Waals surface area contributed by atoms with Crippen LogP contribution in [0.5, 0.6) is 0 Å². The molecule has 0 radical (unpaired) electrons. The summed E-state index contributed by atoms with van der Waals surface area (Å²) < 4.78 is 5.24. The van der Waals surface area contributed by atoms with E-state index in [0.29, 0.717) is 31.4 Å². The number of aromatic amines is 1. The zero-order valence-corrected chi connectivity index (χ0v) is 21.0. The van der Waals surface area contributed by atoms with E-state index in [2.05, 4.69) is 34.2 Å². The molecule has 2 aromatic carbocycles. The van der Waals surface area contributed by atoms with Crippen molar-refractivity contribution in [2.24, 2.45) is 0 Å². The Hall–Kier alpha value is -3.50. The number of carbonyl (C=O) groups is 1. The van der Waals surface area contributed by atoms with Crippen LogP contribution in [-0.2, 0) is 11.2 Å². The molecule has 1 N–H and O–H groups in total. The maximum absolute atomic E-state index is 13.7. The van der Waals surface area contributed by atoms with Crippen LogP contribution in [0.2, 0.25) is 0 Å². The number of ether oxygens (including phenoxy) is 1. The number of nitriles is 1. The molecule has 1 aromatic heterocycles. The first-order valence-electron chi connectivity index (χ1n) is 12.3. The van der Waals surface area contributed by atoms with E-state index in [-0.39, 0.29) is 11.8 Å². The molecule has 7 nitrogen and oxygen atoms in total. The highest BCUT2D eigenvalue weighted by atomic mass is 16.5. The van der Waals surface area contributed by atoms with Crippen LogP contribution < -0.4 is 0 Å². The van der Waals surface area contributed by atoms with Gasteiger partial charge >= 0.3 is 0 Å². The van der Waals surface area contributed by atoms with E-state index in [1.165, 1.54) is 0 Å². The summed E-state index contributed by atoms with van der Waals surface area (Å²) in [7, 11) is 1.67. The molecule has 182 valence electrons. The molecular weight excluding hydrogens is 438 g/mol. The summed E-state index contributed by atoms with van der Waals surface area (Å²) >= 11 is 0. The van der Waals surface area contributed by atoms with Crippen LogP contribution in [0.25, 0.3) is 11.4 Å². The predicted octanol–water partition coefficient (Wildman–Crippen LogP) is 4.98. The number of carbonyl (C=O) groups excluding carboxylic acids is 1. The second kappa shape index (κ2) is 10.8. The van der Waals surface area contributed by atoms with Crippen molar-refractivity contribution < 1.29 is 9.53 Å². The Morgan fingerprint density at radius 2 is 2.00 bits per heavy atom. The number of hydrogen-bond acceptors (Lipinski definition) is 5. The molecule has 1 unspecified atom stereocenters. The number of nitrogens with one attached hydrogen (secondary N) is 1. The van der Waals surface area contributed by atoms with Crippen molar-refractivity contribution in [1.82, 2.24) is 20.1 Å². The monoisotopic (exact) mass is 471 g/mol. The van der Waals surface area contributed by atoms with Gasteiger partial charge in [-0.25, -0.2) is 0 Å². The van der Waals surface area contributed by atoms with Gasteiger partial charge in [0.25, 0.3) is 5.91 Å². The zero-order valence-electron chi connectivity index (χ0n) is 21.0. The van der Waals surface area contributed by atoms with Crippen LogP contribution in [0, 0.1) is 18.3 Å². The first-order chi connectivity index (χ1) is 17.0. The molecule has 0 saturated carbocycles. The highest BCUT2D eigenvalue weighted by Crippen LogP contribution is 2.32. The fourth-order valence-corrected chi connectivity index (χ4v) is 4.98.